The average molecular weight is 348 g/mol. The molecule has 1 saturated heterocycles. The van der Waals surface area contributed by atoms with Crippen molar-refractivity contribution >= 4 is 23.3 Å². The van der Waals surface area contributed by atoms with Gasteiger partial charge in [-0.25, -0.2) is 4.98 Å². The molecule has 0 bridgehead atoms. The van der Waals surface area contributed by atoms with Gasteiger partial charge in [-0.1, -0.05) is 11.6 Å². The molecule has 0 unspecified atom stereocenters. The maximum Gasteiger partial charge on any atom is 0.254 e. The van der Waals surface area contributed by atoms with Crippen LogP contribution in [0.25, 0.3) is 0 Å². The molecule has 1 fully saturated rings. The number of anilines is 1. The summed E-state index contributed by atoms with van der Waals surface area (Å²) in [5, 5.41) is 5.00. The monoisotopic (exact) mass is 347 g/mol. The largest absolute Gasteiger partial charge is 0.363 e. The molecule has 1 aliphatic rings. The van der Waals surface area contributed by atoms with Crippen LogP contribution in [0.1, 0.15) is 40.5 Å². The molecule has 0 spiro atoms. The molecular weight excluding hydrogens is 326 g/mol. The van der Waals surface area contributed by atoms with Crippen molar-refractivity contribution in [3.8, 4) is 0 Å². The first-order valence-corrected chi connectivity index (χ1v) is 8.41. The Morgan fingerprint density at radius 3 is 2.79 bits per heavy atom. The van der Waals surface area contributed by atoms with E-state index in [1.807, 2.05) is 43.9 Å². The predicted molar refractivity (Wildman–Crippen MR) is 94.5 cm³/mol. The number of hydrogen-bond acceptors (Lipinski definition) is 4. The molecule has 3 heterocycles. The molecule has 24 heavy (non-hydrogen) atoms. The molecule has 0 radical (unpaired) electrons. The molecule has 3 rings (SSSR count). The Morgan fingerprint density at radius 1 is 1.42 bits per heavy atom. The summed E-state index contributed by atoms with van der Waals surface area (Å²) in [6, 6.07) is 3.58. The Bertz CT molecular complexity index is 770. The fourth-order valence-electron chi connectivity index (χ4n) is 3.30. The smallest absolute Gasteiger partial charge is 0.254 e. The average Bonchev–Trinajstić information content (AvgIpc) is 3.11. The minimum absolute atomic E-state index is 0.0160. The summed E-state index contributed by atoms with van der Waals surface area (Å²) in [6.07, 6.45) is 3.55. The lowest BCUT2D eigenvalue weighted by molar-refractivity contribution is 0.0735. The molecular formula is C17H22ClN5O. The van der Waals surface area contributed by atoms with Gasteiger partial charge in [-0.15, -0.1) is 0 Å². The number of pyridine rings is 1. The van der Waals surface area contributed by atoms with E-state index in [0.29, 0.717) is 10.7 Å². The van der Waals surface area contributed by atoms with Gasteiger partial charge in [0.05, 0.1) is 11.7 Å². The summed E-state index contributed by atoms with van der Waals surface area (Å²) < 4.78 is 1.67. The molecule has 1 amide bonds. The van der Waals surface area contributed by atoms with Crippen LogP contribution in [-0.2, 0) is 7.05 Å². The van der Waals surface area contributed by atoms with Gasteiger partial charge in [-0.3, -0.25) is 9.48 Å². The SMILES string of the molecule is Cc1nn(C)c(Cl)c1[C@H]1CCCN1C(=O)c1ccnc(N(C)C)c1. The van der Waals surface area contributed by atoms with Gasteiger partial charge in [0, 0.05) is 45.0 Å². The topological polar surface area (TPSA) is 54.3 Å². The molecule has 0 saturated carbocycles. The van der Waals surface area contributed by atoms with Crippen molar-refractivity contribution in [2.45, 2.75) is 25.8 Å². The van der Waals surface area contributed by atoms with E-state index in [4.69, 9.17) is 11.6 Å². The highest BCUT2D eigenvalue weighted by atomic mass is 35.5. The number of aryl methyl sites for hydroxylation is 2. The molecule has 1 aliphatic heterocycles. The number of halogens is 1. The van der Waals surface area contributed by atoms with Crippen molar-refractivity contribution < 1.29 is 4.79 Å². The highest BCUT2D eigenvalue weighted by Gasteiger charge is 2.34. The molecule has 1 atom stereocenters. The Balaban J connectivity index is 1.93. The number of amides is 1. The van der Waals surface area contributed by atoms with Gasteiger partial charge >= 0.3 is 0 Å². The summed E-state index contributed by atoms with van der Waals surface area (Å²) in [5.41, 5.74) is 2.50. The van der Waals surface area contributed by atoms with Gasteiger partial charge < -0.3 is 9.80 Å². The van der Waals surface area contributed by atoms with Crippen LogP contribution in [0.5, 0.6) is 0 Å². The van der Waals surface area contributed by atoms with Crippen LogP contribution in [0.15, 0.2) is 18.3 Å². The second-order valence-corrected chi connectivity index (χ2v) is 6.73. The molecule has 2 aromatic rings. The zero-order chi connectivity index (χ0) is 17.4. The van der Waals surface area contributed by atoms with E-state index in [1.165, 1.54) is 0 Å². The third-order valence-corrected chi connectivity index (χ3v) is 4.94. The van der Waals surface area contributed by atoms with E-state index in [0.717, 1.165) is 36.5 Å². The Morgan fingerprint density at radius 2 is 2.17 bits per heavy atom. The summed E-state index contributed by atoms with van der Waals surface area (Å²) in [6.45, 7) is 2.67. The second kappa shape index (κ2) is 6.43. The first-order valence-electron chi connectivity index (χ1n) is 8.03. The fourth-order valence-corrected chi connectivity index (χ4v) is 3.60. The van der Waals surface area contributed by atoms with Crippen molar-refractivity contribution in [1.82, 2.24) is 19.7 Å². The van der Waals surface area contributed by atoms with E-state index in [9.17, 15) is 4.79 Å². The standard InChI is InChI=1S/C17H22ClN5O/c1-11-15(16(18)22(4)20-11)13-6-5-9-23(13)17(24)12-7-8-19-14(10-12)21(2)3/h7-8,10,13H,5-6,9H2,1-4H3/t13-/m1/s1. The number of carbonyl (C=O) groups excluding carboxylic acids is 1. The van der Waals surface area contributed by atoms with E-state index < -0.39 is 0 Å². The van der Waals surface area contributed by atoms with Crippen molar-refractivity contribution in [2.75, 3.05) is 25.5 Å². The molecule has 0 N–H and O–H groups in total. The Hall–Kier alpha value is -2.08. The quantitative estimate of drug-likeness (QED) is 0.856. The van der Waals surface area contributed by atoms with Gasteiger partial charge in [0.1, 0.15) is 11.0 Å². The maximum atomic E-state index is 13.0. The first-order chi connectivity index (χ1) is 11.4. The number of rotatable bonds is 3. The Kier molecular flexibility index (Phi) is 4.49. The van der Waals surface area contributed by atoms with Gasteiger partial charge in [-0.05, 0) is 31.9 Å². The van der Waals surface area contributed by atoms with Crippen molar-refractivity contribution in [2.24, 2.45) is 7.05 Å². The van der Waals surface area contributed by atoms with E-state index >= 15 is 0 Å². The van der Waals surface area contributed by atoms with Crippen LogP contribution in [-0.4, -0.2) is 46.2 Å². The number of likely N-dealkylation sites (tertiary alicyclic amines) is 1. The van der Waals surface area contributed by atoms with Crippen LogP contribution < -0.4 is 4.90 Å². The van der Waals surface area contributed by atoms with Gasteiger partial charge in [0.25, 0.3) is 5.91 Å². The van der Waals surface area contributed by atoms with E-state index in [-0.39, 0.29) is 11.9 Å². The summed E-state index contributed by atoms with van der Waals surface area (Å²) in [5.74, 6) is 0.787. The van der Waals surface area contributed by atoms with Crippen molar-refractivity contribution in [3.05, 3.63) is 40.3 Å². The second-order valence-electron chi connectivity index (χ2n) is 6.37. The van der Waals surface area contributed by atoms with Crippen LogP contribution in [0.3, 0.4) is 0 Å². The molecule has 0 aliphatic carbocycles. The van der Waals surface area contributed by atoms with Gasteiger partial charge in [0.2, 0.25) is 0 Å². The molecule has 0 aromatic carbocycles. The fraction of sp³-hybridized carbons (Fsp3) is 0.471. The zero-order valence-electron chi connectivity index (χ0n) is 14.5. The lowest BCUT2D eigenvalue weighted by Gasteiger charge is -2.25. The third-order valence-electron chi connectivity index (χ3n) is 4.49. The normalized spacial score (nSPS) is 17.4. The number of nitrogens with zero attached hydrogens (tertiary/aromatic N) is 5. The lowest BCUT2D eigenvalue weighted by Crippen LogP contribution is -2.31. The lowest BCUT2D eigenvalue weighted by atomic mass is 10.1. The van der Waals surface area contributed by atoms with Crippen molar-refractivity contribution in [3.63, 3.8) is 0 Å². The van der Waals surface area contributed by atoms with Crippen LogP contribution in [0.2, 0.25) is 5.15 Å². The van der Waals surface area contributed by atoms with Crippen LogP contribution in [0.4, 0.5) is 5.82 Å². The minimum Gasteiger partial charge on any atom is -0.363 e. The summed E-state index contributed by atoms with van der Waals surface area (Å²) in [7, 11) is 5.65. The number of hydrogen-bond donors (Lipinski definition) is 0. The first kappa shape index (κ1) is 16.8. The summed E-state index contributed by atoms with van der Waals surface area (Å²) in [4.78, 5) is 21.1. The van der Waals surface area contributed by atoms with E-state index in [1.54, 1.807) is 16.9 Å². The van der Waals surface area contributed by atoms with Crippen LogP contribution >= 0.6 is 11.6 Å². The number of aromatic nitrogens is 3. The van der Waals surface area contributed by atoms with Gasteiger partial charge in [0.15, 0.2) is 0 Å². The van der Waals surface area contributed by atoms with E-state index in [2.05, 4.69) is 10.1 Å². The third kappa shape index (κ3) is 2.86. The maximum absolute atomic E-state index is 13.0. The number of carbonyl (C=O) groups is 1. The minimum atomic E-state index is -0.0188. The highest BCUT2D eigenvalue weighted by molar-refractivity contribution is 6.30. The molecule has 6 nitrogen and oxygen atoms in total. The highest BCUT2D eigenvalue weighted by Crippen LogP contribution is 2.38. The predicted octanol–water partition coefficient (Wildman–Crippen LogP) is 2.82. The molecule has 7 heteroatoms. The molecule has 128 valence electrons. The van der Waals surface area contributed by atoms with Gasteiger partial charge in [-0.2, -0.15) is 5.10 Å². The zero-order valence-corrected chi connectivity index (χ0v) is 15.2. The van der Waals surface area contributed by atoms with Crippen LogP contribution in [0, 0.1) is 6.92 Å². The molecule has 2 aromatic heterocycles. The van der Waals surface area contributed by atoms with Crippen molar-refractivity contribution in [1.29, 1.82) is 0 Å². The Labute approximate surface area is 147 Å². The summed E-state index contributed by atoms with van der Waals surface area (Å²) >= 11 is 6.42.